The normalized spacial score (nSPS) is 19.9. The maximum Gasteiger partial charge on any atom is 0.409 e. The average Bonchev–Trinajstić information content (AvgIpc) is 3.18. The first-order chi connectivity index (χ1) is 17.4. The maximum absolute atomic E-state index is 13.4. The van der Waals surface area contributed by atoms with Crippen molar-refractivity contribution < 1.29 is 33.7 Å². The zero-order valence-corrected chi connectivity index (χ0v) is 20.5. The fourth-order valence-electron chi connectivity index (χ4n) is 4.86. The van der Waals surface area contributed by atoms with Gasteiger partial charge in [-0.05, 0) is 49.6 Å². The summed E-state index contributed by atoms with van der Waals surface area (Å²) in [4.78, 5) is 46.2. The number of carbonyl (C=O) groups is 3. The zero-order valence-electron chi connectivity index (χ0n) is 20.5. The third-order valence-corrected chi connectivity index (χ3v) is 6.55. The Morgan fingerprint density at radius 1 is 1.06 bits per heavy atom. The minimum absolute atomic E-state index is 0.0539. The lowest BCUT2D eigenvalue weighted by Crippen LogP contribution is -2.48. The van der Waals surface area contributed by atoms with E-state index in [2.05, 4.69) is 4.98 Å². The van der Waals surface area contributed by atoms with Crippen molar-refractivity contribution >= 4 is 23.5 Å². The molecular weight excluding hydrogens is 466 g/mol. The summed E-state index contributed by atoms with van der Waals surface area (Å²) in [6, 6.07) is 7.23. The molecule has 1 aromatic heterocycles. The number of nitrogens with zero attached hydrogens (tertiary/aromatic N) is 3. The van der Waals surface area contributed by atoms with E-state index < -0.39 is 23.8 Å². The molecule has 0 bridgehead atoms. The highest BCUT2D eigenvalue weighted by molar-refractivity contribution is 6.46. The van der Waals surface area contributed by atoms with E-state index in [-0.39, 0.29) is 29.5 Å². The Kier molecular flexibility index (Phi) is 7.42. The number of aliphatic hydroxyl groups excluding tert-OH is 1. The van der Waals surface area contributed by atoms with Crippen LogP contribution in [0.5, 0.6) is 11.5 Å². The second-order valence-corrected chi connectivity index (χ2v) is 8.44. The monoisotopic (exact) mass is 495 g/mol. The van der Waals surface area contributed by atoms with Crippen molar-refractivity contribution in [3.63, 3.8) is 0 Å². The Balaban J connectivity index is 1.79. The molecule has 2 aliphatic heterocycles. The van der Waals surface area contributed by atoms with Crippen molar-refractivity contribution in [1.82, 2.24) is 14.8 Å². The molecule has 4 rings (SSSR count). The van der Waals surface area contributed by atoms with Crippen LogP contribution in [-0.4, -0.2) is 77.6 Å². The van der Waals surface area contributed by atoms with Crippen LogP contribution in [0.4, 0.5) is 4.79 Å². The minimum Gasteiger partial charge on any atom is -0.506 e. The molecule has 1 atom stereocenters. The van der Waals surface area contributed by atoms with E-state index in [1.165, 1.54) is 19.1 Å². The number of Topliss-reactive ketones (excluding diaryl/α,β-unsaturated/α-hetero) is 1. The van der Waals surface area contributed by atoms with Gasteiger partial charge in [-0.15, -0.1) is 0 Å². The predicted molar refractivity (Wildman–Crippen MR) is 130 cm³/mol. The van der Waals surface area contributed by atoms with Crippen LogP contribution in [0.3, 0.4) is 0 Å². The molecule has 0 aliphatic carbocycles. The van der Waals surface area contributed by atoms with Gasteiger partial charge in [0.15, 0.2) is 0 Å². The number of aliphatic hydroxyl groups is 1. The summed E-state index contributed by atoms with van der Waals surface area (Å²) in [5, 5.41) is 11.5. The number of methoxy groups -OCH3 is 2. The van der Waals surface area contributed by atoms with Crippen LogP contribution in [0, 0.1) is 0 Å². The summed E-state index contributed by atoms with van der Waals surface area (Å²) in [5.74, 6) is -1.28. The molecular formula is C26H29N3O7. The molecule has 1 N–H and O–H groups in total. The highest BCUT2D eigenvalue weighted by atomic mass is 16.6. The number of likely N-dealkylation sites (tertiary alicyclic amines) is 2. The van der Waals surface area contributed by atoms with Crippen LogP contribution in [0.15, 0.2) is 48.3 Å². The molecule has 2 amide bonds. The van der Waals surface area contributed by atoms with E-state index in [1.54, 1.807) is 54.5 Å². The molecule has 2 aliphatic rings. The number of hydrogen-bond donors (Lipinski definition) is 1. The molecule has 1 aromatic carbocycles. The summed E-state index contributed by atoms with van der Waals surface area (Å²) < 4.78 is 15.9. The smallest absolute Gasteiger partial charge is 0.409 e. The van der Waals surface area contributed by atoms with Gasteiger partial charge in [-0.25, -0.2) is 4.79 Å². The number of amides is 2. The number of carbonyl (C=O) groups excluding carboxylic acids is 3. The molecule has 2 aromatic rings. The Labute approximate surface area is 209 Å². The van der Waals surface area contributed by atoms with Crippen molar-refractivity contribution in [2.24, 2.45) is 0 Å². The lowest BCUT2D eigenvalue weighted by molar-refractivity contribution is -0.142. The Hall–Kier alpha value is -4.08. The van der Waals surface area contributed by atoms with Gasteiger partial charge >= 0.3 is 6.09 Å². The number of aromatic nitrogens is 1. The largest absolute Gasteiger partial charge is 0.506 e. The molecule has 0 radical (unpaired) electrons. The van der Waals surface area contributed by atoms with Gasteiger partial charge in [-0.3, -0.25) is 14.6 Å². The van der Waals surface area contributed by atoms with E-state index in [0.29, 0.717) is 43.0 Å². The van der Waals surface area contributed by atoms with E-state index in [9.17, 15) is 19.5 Å². The standard InChI is InChI=1S/C26H29N3O7/c1-4-36-26(33)28-14-10-17(11-15-28)29-22(16-8-12-27-13-9-16)21(24(31)25(29)32)23(30)20-18(34-2)6-5-7-19(20)35-3/h5-9,12-13,17,22,30H,4,10-11,14-15H2,1-3H3/b23-21+. The van der Waals surface area contributed by atoms with Crippen LogP contribution >= 0.6 is 0 Å². The maximum atomic E-state index is 13.4. The molecule has 3 heterocycles. The van der Waals surface area contributed by atoms with Gasteiger partial charge in [0, 0.05) is 31.5 Å². The number of ketones is 1. The van der Waals surface area contributed by atoms with Gasteiger partial charge in [0.25, 0.3) is 11.7 Å². The molecule has 2 fully saturated rings. The summed E-state index contributed by atoms with van der Waals surface area (Å²) >= 11 is 0. The highest BCUT2D eigenvalue weighted by Gasteiger charge is 2.49. The summed E-state index contributed by atoms with van der Waals surface area (Å²) in [6.07, 6.45) is 3.67. The van der Waals surface area contributed by atoms with Gasteiger partial charge in [-0.2, -0.15) is 0 Å². The molecule has 10 heteroatoms. The van der Waals surface area contributed by atoms with Gasteiger partial charge < -0.3 is 29.1 Å². The lowest BCUT2D eigenvalue weighted by Gasteiger charge is -2.38. The van der Waals surface area contributed by atoms with Crippen LogP contribution in [0.25, 0.3) is 5.76 Å². The molecule has 190 valence electrons. The third-order valence-electron chi connectivity index (χ3n) is 6.55. The molecule has 0 saturated carbocycles. The summed E-state index contributed by atoms with van der Waals surface area (Å²) in [7, 11) is 2.89. The van der Waals surface area contributed by atoms with E-state index in [4.69, 9.17) is 14.2 Å². The van der Waals surface area contributed by atoms with Crippen molar-refractivity contribution in [3.8, 4) is 11.5 Å². The number of hydrogen-bond acceptors (Lipinski definition) is 8. The third kappa shape index (κ3) is 4.46. The van der Waals surface area contributed by atoms with Crippen LogP contribution in [-0.2, 0) is 14.3 Å². The second kappa shape index (κ2) is 10.7. The first kappa shape index (κ1) is 25.0. The van der Waals surface area contributed by atoms with Crippen LogP contribution in [0.2, 0.25) is 0 Å². The second-order valence-electron chi connectivity index (χ2n) is 8.44. The fraction of sp³-hybridized carbons (Fsp3) is 0.385. The molecule has 10 nitrogen and oxygen atoms in total. The first-order valence-electron chi connectivity index (χ1n) is 11.8. The topological polar surface area (TPSA) is 119 Å². The first-order valence-corrected chi connectivity index (χ1v) is 11.8. The van der Waals surface area contributed by atoms with E-state index in [1.807, 2.05) is 0 Å². The number of piperidine rings is 1. The molecule has 0 spiro atoms. The van der Waals surface area contributed by atoms with Gasteiger partial charge in [0.2, 0.25) is 0 Å². The van der Waals surface area contributed by atoms with Gasteiger partial charge in [0.05, 0.1) is 32.4 Å². The number of rotatable bonds is 6. The SMILES string of the molecule is CCOC(=O)N1CCC(N2C(=O)C(=O)/C(=C(/O)c3c(OC)cccc3OC)C2c2ccncc2)CC1. The van der Waals surface area contributed by atoms with Crippen LogP contribution in [0.1, 0.15) is 36.9 Å². The van der Waals surface area contributed by atoms with E-state index in [0.717, 1.165) is 0 Å². The van der Waals surface area contributed by atoms with Gasteiger partial charge in [-0.1, -0.05) is 6.07 Å². The summed E-state index contributed by atoms with van der Waals surface area (Å²) in [5.41, 5.74) is 0.769. The number of ether oxygens (including phenoxy) is 3. The molecule has 1 unspecified atom stereocenters. The zero-order chi connectivity index (χ0) is 25.8. The average molecular weight is 496 g/mol. The minimum atomic E-state index is -0.846. The fourth-order valence-corrected chi connectivity index (χ4v) is 4.86. The molecule has 2 saturated heterocycles. The van der Waals surface area contributed by atoms with Crippen LogP contribution < -0.4 is 9.47 Å². The van der Waals surface area contributed by atoms with Crippen molar-refractivity contribution in [3.05, 3.63) is 59.4 Å². The number of benzene rings is 1. The quantitative estimate of drug-likeness (QED) is 0.369. The Morgan fingerprint density at radius 2 is 1.67 bits per heavy atom. The predicted octanol–water partition coefficient (Wildman–Crippen LogP) is 3.14. The van der Waals surface area contributed by atoms with Crippen molar-refractivity contribution in [2.45, 2.75) is 31.8 Å². The van der Waals surface area contributed by atoms with Gasteiger partial charge in [0.1, 0.15) is 22.8 Å². The Bertz CT molecular complexity index is 1150. The van der Waals surface area contributed by atoms with Crippen molar-refractivity contribution in [1.29, 1.82) is 0 Å². The summed E-state index contributed by atoms with van der Waals surface area (Å²) in [6.45, 7) is 2.79. The lowest BCUT2D eigenvalue weighted by atomic mass is 9.93. The highest BCUT2D eigenvalue weighted by Crippen LogP contribution is 2.45. The number of pyridine rings is 1. The molecule has 36 heavy (non-hydrogen) atoms. The van der Waals surface area contributed by atoms with E-state index >= 15 is 0 Å². The Morgan fingerprint density at radius 3 is 2.22 bits per heavy atom. The van der Waals surface area contributed by atoms with Crippen molar-refractivity contribution in [2.75, 3.05) is 33.9 Å².